The van der Waals surface area contributed by atoms with Gasteiger partial charge in [0.1, 0.15) is 5.75 Å². The lowest BCUT2D eigenvalue weighted by atomic mass is 9.90. The molecule has 3 aromatic carbocycles. The van der Waals surface area contributed by atoms with E-state index in [0.717, 1.165) is 18.4 Å². The Balaban J connectivity index is 1.65. The minimum atomic E-state index is -0.524. The summed E-state index contributed by atoms with van der Waals surface area (Å²) < 4.78 is 0. The van der Waals surface area contributed by atoms with Crippen molar-refractivity contribution in [3.05, 3.63) is 77.4 Å². The fourth-order valence-electron chi connectivity index (χ4n) is 3.51. The minimum Gasteiger partial charge on any atom is -0.508 e. The Kier molecular flexibility index (Phi) is 5.40. The van der Waals surface area contributed by atoms with E-state index in [-0.39, 0.29) is 5.75 Å². The van der Waals surface area contributed by atoms with Gasteiger partial charge in [0.2, 0.25) is 0 Å². The highest BCUT2D eigenvalue weighted by molar-refractivity contribution is 5.88. The Morgan fingerprint density at radius 2 is 1.64 bits per heavy atom. The number of aromatic hydroxyl groups is 1. The summed E-state index contributed by atoms with van der Waals surface area (Å²) in [5, 5.41) is 22.6. The third kappa shape index (κ3) is 4.21. The zero-order valence-corrected chi connectivity index (χ0v) is 14.9. The molecule has 0 saturated carbocycles. The van der Waals surface area contributed by atoms with E-state index in [1.54, 1.807) is 18.2 Å². The van der Waals surface area contributed by atoms with Crippen molar-refractivity contribution >= 4 is 10.8 Å². The van der Waals surface area contributed by atoms with Gasteiger partial charge in [0.05, 0.1) is 6.10 Å². The Morgan fingerprint density at radius 3 is 2.40 bits per heavy atom. The van der Waals surface area contributed by atoms with Crippen LogP contribution in [0.15, 0.2) is 60.7 Å². The molecule has 2 atom stereocenters. The number of benzene rings is 3. The molecular weight excluding hydrogens is 308 g/mol. The van der Waals surface area contributed by atoms with Gasteiger partial charge < -0.3 is 10.2 Å². The molecule has 0 aliphatic rings. The Labute approximate surface area is 149 Å². The number of hydrogen-bond acceptors (Lipinski definition) is 2. The molecule has 0 aliphatic heterocycles. The molecule has 0 spiro atoms. The summed E-state index contributed by atoms with van der Waals surface area (Å²) >= 11 is 0. The van der Waals surface area contributed by atoms with Crippen molar-refractivity contribution in [2.75, 3.05) is 0 Å². The van der Waals surface area contributed by atoms with Crippen LogP contribution in [-0.2, 0) is 6.42 Å². The first-order valence-electron chi connectivity index (χ1n) is 8.99. The molecule has 0 amide bonds. The van der Waals surface area contributed by atoms with E-state index in [1.165, 1.54) is 21.9 Å². The standard InChI is InChI=1S/C23H26O2/c1-16(10-13-23(25)19-6-5-7-20(24)15-19)14-18-12-11-17(2)21-8-3-4-9-22(18)21/h3-9,11-12,15-16,23-25H,10,13-14H2,1-2H3. The Hall–Kier alpha value is -2.32. The third-order valence-electron chi connectivity index (χ3n) is 4.99. The topological polar surface area (TPSA) is 40.5 Å². The van der Waals surface area contributed by atoms with Crippen molar-refractivity contribution in [1.82, 2.24) is 0 Å². The zero-order chi connectivity index (χ0) is 17.8. The van der Waals surface area contributed by atoms with Crippen LogP contribution in [-0.4, -0.2) is 10.2 Å². The quantitative estimate of drug-likeness (QED) is 0.621. The molecule has 25 heavy (non-hydrogen) atoms. The number of fused-ring (bicyclic) bond motifs is 1. The maximum atomic E-state index is 10.4. The molecule has 0 aliphatic carbocycles. The molecular formula is C23H26O2. The second-order valence-corrected chi connectivity index (χ2v) is 7.08. The molecule has 2 heteroatoms. The SMILES string of the molecule is Cc1ccc(CC(C)CCC(O)c2cccc(O)c2)c2ccccc12. The van der Waals surface area contributed by atoms with Crippen LogP contribution in [0.25, 0.3) is 10.8 Å². The van der Waals surface area contributed by atoms with Crippen molar-refractivity contribution in [2.45, 2.75) is 39.2 Å². The van der Waals surface area contributed by atoms with Gasteiger partial charge in [-0.3, -0.25) is 0 Å². The highest BCUT2D eigenvalue weighted by atomic mass is 16.3. The average Bonchev–Trinajstić information content (AvgIpc) is 2.62. The molecule has 2 N–H and O–H groups in total. The molecule has 0 bridgehead atoms. The van der Waals surface area contributed by atoms with Gasteiger partial charge in [0.25, 0.3) is 0 Å². The molecule has 3 rings (SSSR count). The second-order valence-electron chi connectivity index (χ2n) is 7.08. The lowest BCUT2D eigenvalue weighted by molar-refractivity contribution is 0.157. The van der Waals surface area contributed by atoms with Gasteiger partial charge in [0.15, 0.2) is 0 Å². The number of aryl methyl sites for hydroxylation is 1. The first-order chi connectivity index (χ1) is 12.0. The van der Waals surface area contributed by atoms with E-state index in [0.29, 0.717) is 12.3 Å². The van der Waals surface area contributed by atoms with Gasteiger partial charge >= 0.3 is 0 Å². The van der Waals surface area contributed by atoms with E-state index >= 15 is 0 Å². The van der Waals surface area contributed by atoms with Gasteiger partial charge in [-0.2, -0.15) is 0 Å². The number of hydrogen-bond donors (Lipinski definition) is 2. The lowest BCUT2D eigenvalue weighted by Crippen LogP contribution is -2.05. The predicted molar refractivity (Wildman–Crippen MR) is 104 cm³/mol. The molecule has 130 valence electrons. The monoisotopic (exact) mass is 334 g/mol. The summed E-state index contributed by atoms with van der Waals surface area (Å²) in [6, 6.07) is 19.9. The number of phenolic OH excluding ortho intramolecular Hbond substituents is 1. The Bertz CT molecular complexity index is 854. The molecule has 2 nitrogen and oxygen atoms in total. The number of aliphatic hydroxyl groups excluding tert-OH is 1. The minimum absolute atomic E-state index is 0.204. The summed E-state index contributed by atoms with van der Waals surface area (Å²) in [5.41, 5.74) is 3.47. The maximum Gasteiger partial charge on any atom is 0.115 e. The summed E-state index contributed by atoms with van der Waals surface area (Å²) in [5.74, 6) is 0.689. The van der Waals surface area contributed by atoms with Gasteiger partial charge in [-0.15, -0.1) is 0 Å². The predicted octanol–water partition coefficient (Wildman–Crippen LogP) is 5.55. The van der Waals surface area contributed by atoms with Crippen molar-refractivity contribution in [2.24, 2.45) is 5.92 Å². The maximum absolute atomic E-state index is 10.4. The van der Waals surface area contributed by atoms with Crippen molar-refractivity contribution in [1.29, 1.82) is 0 Å². The van der Waals surface area contributed by atoms with Crippen LogP contribution >= 0.6 is 0 Å². The summed E-state index contributed by atoms with van der Waals surface area (Å²) in [7, 11) is 0. The van der Waals surface area contributed by atoms with Crippen LogP contribution in [0.1, 0.15) is 42.6 Å². The van der Waals surface area contributed by atoms with E-state index in [1.807, 2.05) is 6.07 Å². The van der Waals surface area contributed by atoms with Crippen molar-refractivity contribution in [3.63, 3.8) is 0 Å². The lowest BCUT2D eigenvalue weighted by Gasteiger charge is -2.17. The third-order valence-corrected chi connectivity index (χ3v) is 4.99. The average molecular weight is 334 g/mol. The van der Waals surface area contributed by atoms with Crippen LogP contribution < -0.4 is 0 Å². The van der Waals surface area contributed by atoms with Gasteiger partial charge in [-0.25, -0.2) is 0 Å². The molecule has 0 radical (unpaired) electrons. The van der Waals surface area contributed by atoms with E-state index in [9.17, 15) is 10.2 Å². The van der Waals surface area contributed by atoms with Crippen LogP contribution in [0.2, 0.25) is 0 Å². The zero-order valence-electron chi connectivity index (χ0n) is 14.9. The highest BCUT2D eigenvalue weighted by Crippen LogP contribution is 2.28. The van der Waals surface area contributed by atoms with Crippen LogP contribution in [0.4, 0.5) is 0 Å². The highest BCUT2D eigenvalue weighted by Gasteiger charge is 2.13. The summed E-state index contributed by atoms with van der Waals surface area (Å²) in [6.45, 7) is 4.39. The molecule has 0 heterocycles. The molecule has 3 aromatic rings. The molecule has 2 unspecified atom stereocenters. The van der Waals surface area contributed by atoms with Gasteiger partial charge in [-0.1, -0.05) is 55.5 Å². The van der Waals surface area contributed by atoms with Crippen LogP contribution in [0, 0.1) is 12.8 Å². The van der Waals surface area contributed by atoms with E-state index in [2.05, 4.69) is 50.2 Å². The fourth-order valence-corrected chi connectivity index (χ4v) is 3.51. The van der Waals surface area contributed by atoms with Crippen molar-refractivity contribution < 1.29 is 10.2 Å². The van der Waals surface area contributed by atoms with Crippen molar-refractivity contribution in [3.8, 4) is 5.75 Å². The second kappa shape index (κ2) is 7.71. The summed E-state index contributed by atoms with van der Waals surface area (Å²) in [4.78, 5) is 0. The number of aliphatic hydroxyl groups is 1. The summed E-state index contributed by atoms with van der Waals surface area (Å²) in [6.07, 6.45) is 2.13. The number of rotatable bonds is 6. The molecule has 0 aromatic heterocycles. The van der Waals surface area contributed by atoms with Gasteiger partial charge in [0, 0.05) is 0 Å². The largest absolute Gasteiger partial charge is 0.508 e. The smallest absolute Gasteiger partial charge is 0.115 e. The first-order valence-corrected chi connectivity index (χ1v) is 8.99. The van der Waals surface area contributed by atoms with E-state index < -0.39 is 6.10 Å². The van der Waals surface area contributed by atoms with Crippen LogP contribution in [0.5, 0.6) is 5.75 Å². The fraction of sp³-hybridized carbons (Fsp3) is 0.304. The van der Waals surface area contributed by atoms with Gasteiger partial charge in [-0.05, 0) is 71.7 Å². The van der Waals surface area contributed by atoms with E-state index in [4.69, 9.17) is 0 Å². The first kappa shape index (κ1) is 17.5. The molecule has 0 saturated heterocycles. The number of phenols is 1. The Morgan fingerprint density at radius 1 is 0.880 bits per heavy atom. The normalized spacial score (nSPS) is 13.7. The molecule has 0 fully saturated rings. The van der Waals surface area contributed by atoms with Crippen LogP contribution in [0.3, 0.4) is 0 Å².